The lowest BCUT2D eigenvalue weighted by Gasteiger charge is -2.07. The Labute approximate surface area is 109 Å². The minimum absolute atomic E-state index is 0.357. The van der Waals surface area contributed by atoms with Crippen molar-refractivity contribution in [3.05, 3.63) is 29.3 Å². The molecule has 1 atom stereocenters. The monoisotopic (exact) mass is 252 g/mol. The van der Waals surface area contributed by atoms with E-state index in [0.717, 1.165) is 5.69 Å². The van der Waals surface area contributed by atoms with Crippen LogP contribution in [0.4, 0.5) is 5.69 Å². The topological polar surface area (TPSA) is 89.3 Å². The number of hydrogen-bond acceptors (Lipinski definition) is 3. The molecule has 4 heteroatoms. The molecule has 1 rings (SSSR count). The lowest BCUT2D eigenvalue weighted by molar-refractivity contribution is -0.138. The maximum absolute atomic E-state index is 10.1. The van der Waals surface area contributed by atoms with E-state index < -0.39 is 12.0 Å². The molecule has 0 unspecified atom stereocenters. The SMILES string of the molecule is CC(C)C[C@H](N)C(=O)O.Cc1cc(C)cc(N)c1. The number of rotatable bonds is 3. The predicted molar refractivity (Wildman–Crippen MR) is 75.4 cm³/mol. The van der Waals surface area contributed by atoms with Gasteiger partial charge in [0.05, 0.1) is 0 Å². The maximum atomic E-state index is 10.1. The molecule has 0 aliphatic carbocycles. The summed E-state index contributed by atoms with van der Waals surface area (Å²) in [4.78, 5) is 10.1. The highest BCUT2D eigenvalue weighted by molar-refractivity contribution is 5.72. The van der Waals surface area contributed by atoms with Crippen LogP contribution >= 0.6 is 0 Å². The summed E-state index contributed by atoms with van der Waals surface area (Å²) in [5.41, 5.74) is 14.1. The first-order valence-corrected chi connectivity index (χ1v) is 6.04. The van der Waals surface area contributed by atoms with Crippen molar-refractivity contribution in [3.8, 4) is 0 Å². The number of carbonyl (C=O) groups is 1. The Morgan fingerprint density at radius 2 is 1.67 bits per heavy atom. The van der Waals surface area contributed by atoms with Gasteiger partial charge in [-0.2, -0.15) is 0 Å². The number of nitrogens with two attached hydrogens (primary N) is 2. The van der Waals surface area contributed by atoms with Gasteiger partial charge in [-0.05, 0) is 49.4 Å². The maximum Gasteiger partial charge on any atom is 0.320 e. The van der Waals surface area contributed by atoms with E-state index in [2.05, 4.69) is 6.07 Å². The number of carboxylic acids is 1. The molecule has 0 fully saturated rings. The third kappa shape index (κ3) is 7.68. The van der Waals surface area contributed by atoms with E-state index in [1.54, 1.807) is 0 Å². The van der Waals surface area contributed by atoms with Gasteiger partial charge in [0, 0.05) is 5.69 Å². The summed E-state index contributed by atoms with van der Waals surface area (Å²) in [5.74, 6) is -0.556. The molecule has 0 aromatic heterocycles. The first-order valence-electron chi connectivity index (χ1n) is 6.04. The third-order valence-electron chi connectivity index (χ3n) is 2.29. The molecule has 0 radical (unpaired) electrons. The second kappa shape index (κ2) is 7.71. The van der Waals surface area contributed by atoms with Gasteiger partial charge in [0.15, 0.2) is 0 Å². The van der Waals surface area contributed by atoms with E-state index in [1.807, 2.05) is 39.8 Å². The normalized spacial score (nSPS) is 11.7. The van der Waals surface area contributed by atoms with Gasteiger partial charge in [-0.25, -0.2) is 0 Å². The Morgan fingerprint density at radius 3 is 1.89 bits per heavy atom. The predicted octanol–water partition coefficient (Wildman–Crippen LogP) is 2.33. The van der Waals surface area contributed by atoms with Gasteiger partial charge in [-0.15, -0.1) is 0 Å². The zero-order valence-corrected chi connectivity index (χ0v) is 11.6. The average molecular weight is 252 g/mol. The minimum atomic E-state index is -0.913. The van der Waals surface area contributed by atoms with E-state index in [9.17, 15) is 4.79 Å². The summed E-state index contributed by atoms with van der Waals surface area (Å²) in [5, 5.41) is 8.31. The Bertz CT molecular complexity index is 339. The first-order chi connectivity index (χ1) is 8.22. The number of aryl methyl sites for hydroxylation is 2. The van der Waals surface area contributed by atoms with Crippen LogP contribution in [-0.4, -0.2) is 17.1 Å². The van der Waals surface area contributed by atoms with Gasteiger partial charge in [-0.1, -0.05) is 19.9 Å². The van der Waals surface area contributed by atoms with Crippen LogP contribution in [0, 0.1) is 19.8 Å². The van der Waals surface area contributed by atoms with E-state index >= 15 is 0 Å². The molecular weight excluding hydrogens is 228 g/mol. The van der Waals surface area contributed by atoms with Crippen LogP contribution in [0.15, 0.2) is 18.2 Å². The van der Waals surface area contributed by atoms with Crippen molar-refractivity contribution in [2.24, 2.45) is 11.7 Å². The number of hydrogen-bond donors (Lipinski definition) is 3. The van der Waals surface area contributed by atoms with Crippen LogP contribution in [0.2, 0.25) is 0 Å². The number of benzene rings is 1. The molecule has 0 saturated carbocycles. The van der Waals surface area contributed by atoms with Crippen molar-refractivity contribution in [1.82, 2.24) is 0 Å². The molecule has 0 spiro atoms. The fraction of sp³-hybridized carbons (Fsp3) is 0.500. The van der Waals surface area contributed by atoms with E-state index in [-0.39, 0.29) is 0 Å². The number of aliphatic carboxylic acids is 1. The summed E-state index contributed by atoms with van der Waals surface area (Å²) in [6.45, 7) is 7.98. The Balaban J connectivity index is 0.000000321. The fourth-order valence-electron chi connectivity index (χ4n) is 1.62. The zero-order valence-electron chi connectivity index (χ0n) is 11.6. The quantitative estimate of drug-likeness (QED) is 0.720. The molecule has 0 aliphatic heterocycles. The third-order valence-corrected chi connectivity index (χ3v) is 2.29. The van der Waals surface area contributed by atoms with Gasteiger partial charge in [0.25, 0.3) is 0 Å². The first kappa shape index (κ1) is 16.4. The second-order valence-corrected chi connectivity index (χ2v) is 5.00. The minimum Gasteiger partial charge on any atom is -0.480 e. The summed E-state index contributed by atoms with van der Waals surface area (Å²) >= 11 is 0. The van der Waals surface area contributed by atoms with Crippen molar-refractivity contribution in [1.29, 1.82) is 0 Å². The molecule has 102 valence electrons. The van der Waals surface area contributed by atoms with Crippen LogP contribution in [0.25, 0.3) is 0 Å². The second-order valence-electron chi connectivity index (χ2n) is 5.00. The Kier molecular flexibility index (Phi) is 7.05. The smallest absolute Gasteiger partial charge is 0.320 e. The molecule has 18 heavy (non-hydrogen) atoms. The summed E-state index contributed by atoms with van der Waals surface area (Å²) < 4.78 is 0. The average Bonchev–Trinajstić information content (AvgIpc) is 2.14. The van der Waals surface area contributed by atoms with E-state index in [1.165, 1.54) is 11.1 Å². The number of carboxylic acid groups (broad SMARTS) is 1. The summed E-state index contributed by atoms with van der Waals surface area (Å²) in [6.07, 6.45) is 0.551. The molecule has 4 nitrogen and oxygen atoms in total. The van der Waals surface area contributed by atoms with Crippen molar-refractivity contribution in [3.63, 3.8) is 0 Å². The molecule has 0 heterocycles. The molecule has 0 saturated heterocycles. The van der Waals surface area contributed by atoms with Gasteiger partial charge in [0.1, 0.15) is 6.04 Å². The van der Waals surface area contributed by atoms with E-state index in [4.69, 9.17) is 16.6 Å². The van der Waals surface area contributed by atoms with Crippen LogP contribution in [-0.2, 0) is 4.79 Å². The van der Waals surface area contributed by atoms with Crippen molar-refractivity contribution in [2.75, 3.05) is 5.73 Å². The van der Waals surface area contributed by atoms with Crippen molar-refractivity contribution < 1.29 is 9.90 Å². The lowest BCUT2D eigenvalue weighted by Crippen LogP contribution is -2.31. The van der Waals surface area contributed by atoms with Crippen molar-refractivity contribution in [2.45, 2.75) is 40.2 Å². The van der Waals surface area contributed by atoms with Crippen LogP contribution in [0.1, 0.15) is 31.4 Å². The van der Waals surface area contributed by atoms with Crippen LogP contribution in [0.5, 0.6) is 0 Å². The highest BCUT2D eigenvalue weighted by atomic mass is 16.4. The highest BCUT2D eigenvalue weighted by Gasteiger charge is 2.11. The zero-order chi connectivity index (χ0) is 14.3. The molecule has 1 aromatic carbocycles. The Morgan fingerprint density at radius 1 is 1.22 bits per heavy atom. The van der Waals surface area contributed by atoms with Crippen molar-refractivity contribution >= 4 is 11.7 Å². The van der Waals surface area contributed by atoms with Crippen LogP contribution < -0.4 is 11.5 Å². The molecule has 0 amide bonds. The molecule has 0 aliphatic rings. The highest BCUT2D eigenvalue weighted by Crippen LogP contribution is 2.08. The lowest BCUT2D eigenvalue weighted by atomic mass is 10.1. The number of anilines is 1. The fourth-order valence-corrected chi connectivity index (χ4v) is 1.62. The molecular formula is C14H24N2O2. The molecule has 0 bridgehead atoms. The standard InChI is InChI=1S/C8H11N.C6H13NO2/c1-6-3-7(2)5-8(9)4-6;1-4(2)3-5(7)6(8)9/h3-5H,9H2,1-2H3;4-5H,3,7H2,1-2H3,(H,8,9)/t;5-/m.0/s1. The molecule has 5 N–H and O–H groups in total. The van der Waals surface area contributed by atoms with E-state index in [0.29, 0.717) is 12.3 Å². The van der Waals surface area contributed by atoms with Crippen LogP contribution in [0.3, 0.4) is 0 Å². The largest absolute Gasteiger partial charge is 0.480 e. The van der Waals surface area contributed by atoms with Gasteiger partial charge in [-0.3, -0.25) is 4.79 Å². The summed E-state index contributed by atoms with van der Waals surface area (Å²) in [7, 11) is 0. The van der Waals surface area contributed by atoms with Gasteiger partial charge in [0.2, 0.25) is 0 Å². The Hall–Kier alpha value is -1.55. The molecule has 1 aromatic rings. The summed E-state index contributed by atoms with van der Waals surface area (Å²) in [6, 6.07) is 5.35. The number of nitrogen functional groups attached to an aromatic ring is 1. The van der Waals surface area contributed by atoms with Gasteiger partial charge >= 0.3 is 5.97 Å². The van der Waals surface area contributed by atoms with Gasteiger partial charge < -0.3 is 16.6 Å².